The summed E-state index contributed by atoms with van der Waals surface area (Å²) < 4.78 is 12.2. The van der Waals surface area contributed by atoms with Crippen LogP contribution in [-0.2, 0) is 4.79 Å². The molecule has 178 valence electrons. The normalized spacial score (nSPS) is 15.3. The molecule has 4 aromatic rings. The molecule has 1 N–H and O–H groups in total. The van der Waals surface area contributed by atoms with Gasteiger partial charge in [-0.15, -0.1) is 11.8 Å². The number of aromatic nitrogens is 1. The second kappa shape index (κ2) is 10.2. The van der Waals surface area contributed by atoms with Crippen LogP contribution in [0.4, 0.5) is 0 Å². The van der Waals surface area contributed by atoms with Crippen molar-refractivity contribution in [3.8, 4) is 11.5 Å². The molecular formula is C27H24BrN3O3S. The number of hydrogen-bond acceptors (Lipinski definition) is 5. The van der Waals surface area contributed by atoms with Crippen molar-refractivity contribution in [3.63, 3.8) is 0 Å². The third-order valence-electron chi connectivity index (χ3n) is 6.04. The van der Waals surface area contributed by atoms with Crippen LogP contribution in [0.3, 0.4) is 0 Å². The lowest BCUT2D eigenvalue weighted by Crippen LogP contribution is -2.28. The average Bonchev–Trinajstić information content (AvgIpc) is 3.52. The number of thioether (sulfide) groups is 1. The number of carbonyl (C=O) groups is 1. The van der Waals surface area contributed by atoms with E-state index >= 15 is 0 Å². The summed E-state index contributed by atoms with van der Waals surface area (Å²) >= 11 is 5.00. The number of fused-ring (bicyclic) bond motifs is 1. The molecule has 1 unspecified atom stereocenters. The van der Waals surface area contributed by atoms with E-state index < -0.39 is 0 Å². The highest BCUT2D eigenvalue weighted by atomic mass is 79.9. The molecule has 0 spiro atoms. The fourth-order valence-corrected chi connectivity index (χ4v) is 5.49. The van der Waals surface area contributed by atoms with Gasteiger partial charge < -0.3 is 14.5 Å². The number of carbonyl (C=O) groups excluding carboxylic acids is 1. The topological polar surface area (TPSA) is 66.9 Å². The van der Waals surface area contributed by atoms with Crippen LogP contribution in [0.15, 0.2) is 87.4 Å². The number of benzene rings is 3. The molecule has 8 heteroatoms. The first kappa shape index (κ1) is 23.5. The molecule has 2 heterocycles. The summed E-state index contributed by atoms with van der Waals surface area (Å²) in [4.78, 5) is 17.9. The molecule has 1 amide bonds. The van der Waals surface area contributed by atoms with Gasteiger partial charge in [-0.05, 0) is 29.8 Å². The van der Waals surface area contributed by atoms with Crippen molar-refractivity contribution < 1.29 is 14.3 Å². The van der Waals surface area contributed by atoms with Gasteiger partial charge in [0.05, 0.1) is 31.7 Å². The van der Waals surface area contributed by atoms with E-state index in [-0.39, 0.29) is 17.7 Å². The number of halogens is 1. The zero-order chi connectivity index (χ0) is 24.4. The largest absolute Gasteiger partial charge is 0.493 e. The third kappa shape index (κ3) is 4.68. The molecular weight excluding hydrogens is 526 g/mol. The number of hydrazone groups is 1. The molecule has 6 nitrogen and oxygen atoms in total. The summed E-state index contributed by atoms with van der Waals surface area (Å²) in [7, 11) is 3.23. The molecule has 0 fully saturated rings. The highest BCUT2D eigenvalue weighted by molar-refractivity contribution is 9.10. The zero-order valence-electron chi connectivity index (χ0n) is 19.3. The quantitative estimate of drug-likeness (QED) is 0.270. The van der Waals surface area contributed by atoms with Crippen LogP contribution in [0, 0.1) is 0 Å². The van der Waals surface area contributed by atoms with Crippen LogP contribution < -0.4 is 9.47 Å². The number of nitrogens with zero attached hydrogens (tertiary/aromatic N) is 2. The van der Waals surface area contributed by atoms with Crippen LogP contribution in [0.1, 0.15) is 23.6 Å². The molecule has 1 aliphatic heterocycles. The Balaban J connectivity index is 1.46. The summed E-state index contributed by atoms with van der Waals surface area (Å²) in [5, 5.41) is 7.52. The number of para-hydroxylation sites is 2. The Kier molecular flexibility index (Phi) is 6.83. The minimum absolute atomic E-state index is 0.0673. The van der Waals surface area contributed by atoms with Crippen molar-refractivity contribution in [3.05, 3.63) is 88.5 Å². The molecule has 0 bridgehead atoms. The Labute approximate surface area is 216 Å². The lowest BCUT2D eigenvalue weighted by atomic mass is 9.97. The molecule has 35 heavy (non-hydrogen) atoms. The lowest BCUT2D eigenvalue weighted by molar-refractivity contribution is -0.130. The van der Waals surface area contributed by atoms with Gasteiger partial charge in [0.15, 0.2) is 11.5 Å². The number of rotatable bonds is 7. The van der Waals surface area contributed by atoms with Gasteiger partial charge in [0, 0.05) is 38.5 Å². The van der Waals surface area contributed by atoms with Gasteiger partial charge in [0.25, 0.3) is 5.91 Å². The molecule has 1 atom stereocenters. The van der Waals surface area contributed by atoms with E-state index in [0.29, 0.717) is 17.9 Å². The van der Waals surface area contributed by atoms with E-state index in [1.807, 2.05) is 66.9 Å². The Bertz CT molecular complexity index is 1400. The molecule has 5 rings (SSSR count). The van der Waals surface area contributed by atoms with Crippen LogP contribution in [-0.4, -0.2) is 41.6 Å². The predicted octanol–water partition coefficient (Wildman–Crippen LogP) is 6.42. The maximum atomic E-state index is 13.6. The van der Waals surface area contributed by atoms with Crippen molar-refractivity contribution in [2.24, 2.45) is 5.10 Å². The molecule has 0 saturated carbocycles. The van der Waals surface area contributed by atoms with E-state index in [4.69, 9.17) is 14.6 Å². The van der Waals surface area contributed by atoms with Crippen molar-refractivity contribution in [2.75, 3.05) is 20.0 Å². The van der Waals surface area contributed by atoms with Gasteiger partial charge in [-0.3, -0.25) is 4.79 Å². The summed E-state index contributed by atoms with van der Waals surface area (Å²) in [5.74, 6) is 1.45. The van der Waals surface area contributed by atoms with Crippen molar-refractivity contribution >= 4 is 50.2 Å². The number of H-pyrrole nitrogens is 1. The van der Waals surface area contributed by atoms with Gasteiger partial charge >= 0.3 is 0 Å². The third-order valence-corrected chi connectivity index (χ3v) is 7.61. The van der Waals surface area contributed by atoms with E-state index in [1.165, 1.54) is 11.8 Å². The second-order valence-corrected chi connectivity index (χ2v) is 10.0. The monoisotopic (exact) mass is 549 g/mol. The minimum Gasteiger partial charge on any atom is -0.493 e. The van der Waals surface area contributed by atoms with Gasteiger partial charge in [-0.1, -0.05) is 58.4 Å². The first-order valence-electron chi connectivity index (χ1n) is 11.1. The first-order valence-corrected chi connectivity index (χ1v) is 12.9. The van der Waals surface area contributed by atoms with Gasteiger partial charge in [-0.25, -0.2) is 5.01 Å². The number of methoxy groups -OCH3 is 2. The summed E-state index contributed by atoms with van der Waals surface area (Å²) in [6.45, 7) is 0. The highest BCUT2D eigenvalue weighted by Crippen LogP contribution is 2.42. The smallest absolute Gasteiger partial charge is 0.253 e. The van der Waals surface area contributed by atoms with Crippen LogP contribution >= 0.6 is 27.7 Å². The van der Waals surface area contributed by atoms with Gasteiger partial charge in [-0.2, -0.15) is 5.10 Å². The maximum Gasteiger partial charge on any atom is 0.253 e. The second-order valence-electron chi connectivity index (χ2n) is 8.08. The Morgan fingerprint density at radius 1 is 1.09 bits per heavy atom. The number of nitrogens with one attached hydrogen (secondary N) is 1. The van der Waals surface area contributed by atoms with Crippen molar-refractivity contribution in [1.82, 2.24) is 9.99 Å². The Morgan fingerprint density at radius 3 is 2.66 bits per heavy atom. The number of amides is 1. The molecule has 0 saturated heterocycles. The zero-order valence-corrected chi connectivity index (χ0v) is 21.7. The SMILES string of the molecule is COc1cccc(C2CC(c3ccc(Br)cc3)=NN2C(=O)CSc2c[nH]c3ccccc23)c1OC. The number of ether oxygens (including phenoxy) is 2. The minimum atomic E-state index is -0.297. The van der Waals surface area contributed by atoms with Crippen LogP contribution in [0.5, 0.6) is 11.5 Å². The van der Waals surface area contributed by atoms with E-state index in [1.54, 1.807) is 19.2 Å². The summed E-state index contributed by atoms with van der Waals surface area (Å²) in [6, 6.07) is 21.5. The van der Waals surface area contributed by atoms with Crippen molar-refractivity contribution in [2.45, 2.75) is 17.4 Å². The number of aromatic amines is 1. The van der Waals surface area contributed by atoms with E-state index in [9.17, 15) is 4.79 Å². The molecule has 0 aliphatic carbocycles. The Morgan fingerprint density at radius 2 is 1.89 bits per heavy atom. The fraction of sp³-hybridized carbons (Fsp3) is 0.185. The highest BCUT2D eigenvalue weighted by Gasteiger charge is 2.35. The summed E-state index contributed by atoms with van der Waals surface area (Å²) in [5.41, 5.74) is 3.77. The molecule has 0 radical (unpaired) electrons. The van der Waals surface area contributed by atoms with Gasteiger partial charge in [0.2, 0.25) is 0 Å². The Hall–Kier alpha value is -3.23. The first-order chi connectivity index (χ1) is 17.1. The summed E-state index contributed by atoms with van der Waals surface area (Å²) in [6.07, 6.45) is 2.53. The number of hydrogen-bond donors (Lipinski definition) is 1. The predicted molar refractivity (Wildman–Crippen MR) is 143 cm³/mol. The van der Waals surface area contributed by atoms with E-state index in [0.717, 1.165) is 37.1 Å². The standard InChI is InChI=1S/C27H24BrN3O3S/c1-33-24-9-5-7-20(27(24)34-2)23-14-22(17-10-12-18(28)13-11-17)30-31(23)26(32)16-35-25-15-29-21-8-4-3-6-19(21)25/h3-13,15,23,29H,14,16H2,1-2H3. The van der Waals surface area contributed by atoms with Crippen LogP contribution in [0.25, 0.3) is 10.9 Å². The van der Waals surface area contributed by atoms with Crippen LogP contribution in [0.2, 0.25) is 0 Å². The molecule has 1 aliphatic rings. The van der Waals surface area contributed by atoms with Gasteiger partial charge in [0.1, 0.15) is 0 Å². The fourth-order valence-electron chi connectivity index (χ4n) is 4.34. The van der Waals surface area contributed by atoms with Crippen molar-refractivity contribution in [1.29, 1.82) is 0 Å². The molecule has 3 aromatic carbocycles. The lowest BCUT2D eigenvalue weighted by Gasteiger charge is -2.24. The molecule has 1 aromatic heterocycles. The average molecular weight is 550 g/mol. The van der Waals surface area contributed by atoms with E-state index in [2.05, 4.69) is 27.0 Å². The maximum absolute atomic E-state index is 13.6.